The van der Waals surface area contributed by atoms with Gasteiger partial charge in [-0.05, 0) is 12.5 Å². The van der Waals surface area contributed by atoms with Crippen LogP contribution in [0.1, 0.15) is 18.5 Å². The summed E-state index contributed by atoms with van der Waals surface area (Å²) in [5, 5.41) is 16.2. The molecule has 0 heterocycles. The highest BCUT2D eigenvalue weighted by atomic mass is 16.4. The van der Waals surface area contributed by atoms with E-state index in [0.29, 0.717) is 5.56 Å². The molecule has 7 nitrogen and oxygen atoms in total. The number of likely N-dealkylation sites (N-methyl/N-ethyl adjacent to an activating group) is 1. The Bertz CT molecular complexity index is 490. The van der Waals surface area contributed by atoms with Crippen LogP contribution in [0.25, 0.3) is 0 Å². The van der Waals surface area contributed by atoms with Crippen LogP contribution in [0.4, 0.5) is 4.79 Å². The first kappa shape index (κ1) is 15.5. The van der Waals surface area contributed by atoms with Gasteiger partial charge in [-0.2, -0.15) is 0 Å². The first-order valence-electron chi connectivity index (χ1n) is 6.02. The van der Waals surface area contributed by atoms with E-state index in [2.05, 4.69) is 16.0 Å². The number of rotatable bonds is 5. The average molecular weight is 279 g/mol. The molecule has 0 aliphatic carbocycles. The first-order chi connectivity index (χ1) is 9.45. The molecule has 7 heteroatoms. The van der Waals surface area contributed by atoms with Gasteiger partial charge in [-0.1, -0.05) is 30.3 Å². The number of carbonyl (C=O) groups excluding carboxylic acids is 2. The Morgan fingerprint density at radius 2 is 1.70 bits per heavy atom. The molecule has 1 unspecified atom stereocenters. The zero-order valence-electron chi connectivity index (χ0n) is 11.2. The normalized spacial score (nSPS) is 12.9. The van der Waals surface area contributed by atoms with Crippen molar-refractivity contribution in [1.29, 1.82) is 0 Å². The van der Waals surface area contributed by atoms with Crippen LogP contribution < -0.4 is 16.0 Å². The van der Waals surface area contributed by atoms with E-state index in [1.807, 2.05) is 0 Å². The Kier molecular flexibility index (Phi) is 5.52. The zero-order valence-corrected chi connectivity index (χ0v) is 11.2. The van der Waals surface area contributed by atoms with Gasteiger partial charge in [-0.3, -0.25) is 4.79 Å². The molecular weight excluding hydrogens is 262 g/mol. The fraction of sp³-hybridized carbons (Fsp3) is 0.308. The summed E-state index contributed by atoms with van der Waals surface area (Å²) in [5.74, 6) is -1.55. The second-order valence-electron chi connectivity index (χ2n) is 4.14. The number of hydrogen-bond donors (Lipinski definition) is 4. The molecule has 1 aromatic rings. The lowest BCUT2D eigenvalue weighted by molar-refractivity contribution is -0.139. The molecule has 0 spiro atoms. The first-order valence-corrected chi connectivity index (χ1v) is 6.02. The quantitative estimate of drug-likeness (QED) is 0.619. The molecule has 4 N–H and O–H groups in total. The Labute approximate surface area is 116 Å². The highest BCUT2D eigenvalue weighted by Crippen LogP contribution is 2.12. The van der Waals surface area contributed by atoms with Crippen LogP contribution >= 0.6 is 0 Å². The number of nitrogens with one attached hydrogen (secondary N) is 3. The molecule has 0 aliphatic rings. The molecule has 1 aromatic carbocycles. The minimum Gasteiger partial charge on any atom is -0.479 e. The van der Waals surface area contributed by atoms with Crippen LogP contribution in [0.3, 0.4) is 0 Å². The van der Waals surface area contributed by atoms with Crippen LogP contribution in [0.15, 0.2) is 30.3 Å². The van der Waals surface area contributed by atoms with E-state index in [1.54, 1.807) is 30.3 Å². The minimum atomic E-state index is -1.18. The maximum atomic E-state index is 11.7. The fourth-order valence-electron chi connectivity index (χ4n) is 1.58. The highest BCUT2D eigenvalue weighted by molar-refractivity contribution is 5.88. The van der Waals surface area contributed by atoms with Gasteiger partial charge in [0, 0.05) is 7.05 Å². The summed E-state index contributed by atoms with van der Waals surface area (Å²) in [5.41, 5.74) is 0.447. The molecule has 3 amide bonds. The fourth-order valence-corrected chi connectivity index (χ4v) is 1.58. The van der Waals surface area contributed by atoms with Crippen LogP contribution in [-0.2, 0) is 9.59 Å². The van der Waals surface area contributed by atoms with Crippen molar-refractivity contribution >= 4 is 17.9 Å². The van der Waals surface area contributed by atoms with E-state index in [9.17, 15) is 14.4 Å². The Hall–Kier alpha value is -2.57. The average Bonchev–Trinajstić information content (AvgIpc) is 2.44. The number of urea groups is 1. The molecular formula is C13H17N3O4. The number of carbonyl (C=O) groups is 3. The van der Waals surface area contributed by atoms with Crippen LogP contribution in [0.2, 0.25) is 0 Å². The molecule has 2 atom stereocenters. The monoisotopic (exact) mass is 279 g/mol. The third-order valence-electron chi connectivity index (χ3n) is 2.64. The molecule has 0 fully saturated rings. The van der Waals surface area contributed by atoms with Gasteiger partial charge >= 0.3 is 12.0 Å². The van der Waals surface area contributed by atoms with Crippen LogP contribution in [0, 0.1) is 0 Å². The highest BCUT2D eigenvalue weighted by Gasteiger charge is 2.23. The number of carboxylic acid groups (broad SMARTS) is 1. The van der Waals surface area contributed by atoms with Gasteiger partial charge in [0.1, 0.15) is 6.04 Å². The van der Waals surface area contributed by atoms with Crippen LogP contribution in [0.5, 0.6) is 0 Å². The summed E-state index contributed by atoms with van der Waals surface area (Å²) in [6.07, 6.45) is 0. The number of benzene rings is 1. The summed E-state index contributed by atoms with van der Waals surface area (Å²) in [6.45, 7) is 1.50. The van der Waals surface area contributed by atoms with E-state index in [1.165, 1.54) is 14.0 Å². The summed E-state index contributed by atoms with van der Waals surface area (Å²) < 4.78 is 0. The number of carboxylic acids is 1. The zero-order chi connectivity index (χ0) is 15.1. The summed E-state index contributed by atoms with van der Waals surface area (Å²) in [4.78, 5) is 34.2. The predicted octanol–water partition coefficient (Wildman–Crippen LogP) is 0.246. The molecule has 1 rings (SSSR count). The van der Waals surface area contributed by atoms with Crippen LogP contribution in [-0.4, -0.2) is 36.1 Å². The second-order valence-corrected chi connectivity index (χ2v) is 4.14. The van der Waals surface area contributed by atoms with E-state index in [-0.39, 0.29) is 5.91 Å². The number of hydrogen-bond acceptors (Lipinski definition) is 3. The Balaban J connectivity index is 2.70. The maximum absolute atomic E-state index is 11.7. The Morgan fingerprint density at radius 3 is 2.20 bits per heavy atom. The standard InChI is InChI=1S/C13H17N3O4/c1-8(11(17)14-2)15-13(20)16-10(12(18)19)9-6-4-3-5-7-9/h3-8,10H,1-2H3,(H,14,17)(H,18,19)(H2,15,16,20)/t8?,10-/m0/s1. The van der Waals surface area contributed by atoms with Crippen molar-refractivity contribution in [2.24, 2.45) is 0 Å². The number of aliphatic carboxylic acids is 1. The van der Waals surface area contributed by atoms with Crippen molar-refractivity contribution in [1.82, 2.24) is 16.0 Å². The summed E-state index contributed by atoms with van der Waals surface area (Å²) >= 11 is 0. The molecule has 0 aromatic heterocycles. The van der Waals surface area contributed by atoms with E-state index < -0.39 is 24.1 Å². The minimum absolute atomic E-state index is 0.369. The molecule has 0 aliphatic heterocycles. The van der Waals surface area contributed by atoms with Crippen molar-refractivity contribution in [3.8, 4) is 0 Å². The Morgan fingerprint density at radius 1 is 1.10 bits per heavy atom. The third-order valence-corrected chi connectivity index (χ3v) is 2.64. The van der Waals surface area contributed by atoms with E-state index in [4.69, 9.17) is 5.11 Å². The van der Waals surface area contributed by atoms with Gasteiger partial charge in [0.15, 0.2) is 6.04 Å². The van der Waals surface area contributed by atoms with Gasteiger partial charge < -0.3 is 21.1 Å². The summed E-state index contributed by atoms with van der Waals surface area (Å²) in [7, 11) is 1.45. The summed E-state index contributed by atoms with van der Waals surface area (Å²) in [6, 6.07) is 5.64. The lowest BCUT2D eigenvalue weighted by Gasteiger charge is -2.17. The maximum Gasteiger partial charge on any atom is 0.330 e. The van der Waals surface area contributed by atoms with Crippen molar-refractivity contribution in [2.45, 2.75) is 19.0 Å². The molecule has 0 bridgehead atoms. The molecule has 108 valence electrons. The lowest BCUT2D eigenvalue weighted by atomic mass is 10.1. The second kappa shape index (κ2) is 7.13. The van der Waals surface area contributed by atoms with Gasteiger partial charge in [0.05, 0.1) is 0 Å². The van der Waals surface area contributed by atoms with Gasteiger partial charge in [-0.25, -0.2) is 9.59 Å². The molecule has 0 radical (unpaired) electrons. The van der Waals surface area contributed by atoms with Crippen molar-refractivity contribution in [3.63, 3.8) is 0 Å². The smallest absolute Gasteiger partial charge is 0.330 e. The number of amides is 3. The van der Waals surface area contributed by atoms with E-state index in [0.717, 1.165) is 0 Å². The molecule has 20 heavy (non-hydrogen) atoms. The lowest BCUT2D eigenvalue weighted by Crippen LogP contribution is -2.49. The van der Waals surface area contributed by atoms with Crippen molar-refractivity contribution < 1.29 is 19.5 Å². The van der Waals surface area contributed by atoms with Crippen molar-refractivity contribution in [3.05, 3.63) is 35.9 Å². The van der Waals surface area contributed by atoms with Gasteiger partial charge in [-0.15, -0.1) is 0 Å². The molecule has 0 saturated heterocycles. The van der Waals surface area contributed by atoms with Crippen molar-refractivity contribution in [2.75, 3.05) is 7.05 Å². The van der Waals surface area contributed by atoms with Gasteiger partial charge in [0.2, 0.25) is 5.91 Å². The molecule has 0 saturated carbocycles. The van der Waals surface area contributed by atoms with Gasteiger partial charge in [0.25, 0.3) is 0 Å². The largest absolute Gasteiger partial charge is 0.479 e. The predicted molar refractivity (Wildman–Crippen MR) is 72.0 cm³/mol. The topological polar surface area (TPSA) is 108 Å². The SMILES string of the molecule is CNC(=O)C(C)NC(=O)N[C@H](C(=O)O)c1ccccc1. The van der Waals surface area contributed by atoms with E-state index >= 15 is 0 Å². The third kappa shape index (κ3) is 4.27.